The third-order valence-electron chi connectivity index (χ3n) is 4.33. The van der Waals surface area contributed by atoms with Crippen molar-refractivity contribution in [1.82, 2.24) is 9.97 Å². The maximum atomic E-state index is 12.3. The second kappa shape index (κ2) is 7.96. The van der Waals surface area contributed by atoms with Crippen LogP contribution in [-0.4, -0.2) is 43.1 Å². The average molecular weight is 339 g/mol. The molecule has 132 valence electrons. The highest BCUT2D eigenvalue weighted by molar-refractivity contribution is 5.93. The first kappa shape index (κ1) is 17.2. The third-order valence-corrected chi connectivity index (χ3v) is 4.33. The van der Waals surface area contributed by atoms with Gasteiger partial charge in [0.25, 0.3) is 0 Å². The Morgan fingerprint density at radius 3 is 2.60 bits per heavy atom. The molecule has 2 heterocycles. The molecule has 1 aliphatic rings. The van der Waals surface area contributed by atoms with Crippen LogP contribution < -0.4 is 15.1 Å². The second-order valence-corrected chi connectivity index (χ2v) is 6.53. The van der Waals surface area contributed by atoms with Crippen molar-refractivity contribution in [1.29, 1.82) is 0 Å². The summed E-state index contributed by atoms with van der Waals surface area (Å²) in [6.45, 7) is 1.99. The Kier molecular flexibility index (Phi) is 5.48. The zero-order chi connectivity index (χ0) is 17.6. The van der Waals surface area contributed by atoms with Crippen molar-refractivity contribution >= 4 is 23.4 Å². The zero-order valence-corrected chi connectivity index (χ0v) is 14.9. The molecule has 1 fully saturated rings. The highest BCUT2D eigenvalue weighted by atomic mass is 16.1. The lowest BCUT2D eigenvalue weighted by Crippen LogP contribution is -2.23. The number of benzene rings is 1. The molecule has 0 spiro atoms. The summed E-state index contributed by atoms with van der Waals surface area (Å²) in [5.74, 6) is 1.46. The number of nitrogens with zero attached hydrogens (tertiary/aromatic N) is 4. The standard InChI is InChI=1S/C19H25N5O/c1-23(2)18-16(14-20-19(22-18)24-12-6-7-13-24)21-17(25)11-10-15-8-4-3-5-9-15/h3-5,8-9,14H,6-7,10-13H2,1-2H3,(H,21,25). The van der Waals surface area contributed by atoms with Gasteiger partial charge in [0.05, 0.1) is 6.20 Å². The Labute approximate surface area is 148 Å². The van der Waals surface area contributed by atoms with E-state index >= 15 is 0 Å². The summed E-state index contributed by atoms with van der Waals surface area (Å²) in [6.07, 6.45) is 5.23. The fraction of sp³-hybridized carbons (Fsp3) is 0.421. The summed E-state index contributed by atoms with van der Waals surface area (Å²) in [5.41, 5.74) is 1.82. The minimum Gasteiger partial charge on any atom is -0.361 e. The molecule has 0 atom stereocenters. The van der Waals surface area contributed by atoms with E-state index in [0.717, 1.165) is 36.8 Å². The molecule has 3 rings (SSSR count). The molecule has 1 saturated heterocycles. The van der Waals surface area contributed by atoms with Crippen molar-refractivity contribution < 1.29 is 4.79 Å². The summed E-state index contributed by atoms with van der Waals surface area (Å²) < 4.78 is 0. The molecule has 6 nitrogen and oxygen atoms in total. The maximum Gasteiger partial charge on any atom is 0.227 e. The van der Waals surface area contributed by atoms with Gasteiger partial charge >= 0.3 is 0 Å². The van der Waals surface area contributed by atoms with Gasteiger partial charge in [-0.3, -0.25) is 4.79 Å². The SMILES string of the molecule is CN(C)c1nc(N2CCCC2)ncc1NC(=O)CCc1ccccc1. The number of aryl methyl sites for hydroxylation is 1. The Hall–Kier alpha value is -2.63. The van der Waals surface area contributed by atoms with Crippen molar-refractivity contribution in [2.75, 3.05) is 42.3 Å². The van der Waals surface area contributed by atoms with Crippen LogP contribution in [0.4, 0.5) is 17.5 Å². The van der Waals surface area contributed by atoms with Gasteiger partial charge in [-0.1, -0.05) is 30.3 Å². The zero-order valence-electron chi connectivity index (χ0n) is 14.9. The molecule has 0 bridgehead atoms. The Morgan fingerprint density at radius 2 is 1.92 bits per heavy atom. The van der Waals surface area contributed by atoms with Crippen molar-refractivity contribution in [2.24, 2.45) is 0 Å². The van der Waals surface area contributed by atoms with E-state index in [-0.39, 0.29) is 5.91 Å². The first-order chi connectivity index (χ1) is 12.1. The van der Waals surface area contributed by atoms with Gasteiger partial charge in [-0.2, -0.15) is 4.98 Å². The number of nitrogens with one attached hydrogen (secondary N) is 1. The molecule has 2 aromatic rings. The van der Waals surface area contributed by atoms with Crippen LogP contribution in [0.1, 0.15) is 24.8 Å². The van der Waals surface area contributed by atoms with Crippen LogP contribution in [0.25, 0.3) is 0 Å². The van der Waals surface area contributed by atoms with E-state index in [4.69, 9.17) is 0 Å². The first-order valence-corrected chi connectivity index (χ1v) is 8.76. The van der Waals surface area contributed by atoms with E-state index in [2.05, 4.69) is 20.2 Å². The van der Waals surface area contributed by atoms with Crippen LogP contribution >= 0.6 is 0 Å². The summed E-state index contributed by atoms with van der Waals surface area (Å²) in [6, 6.07) is 10.0. The molecule has 1 amide bonds. The van der Waals surface area contributed by atoms with E-state index in [1.54, 1.807) is 6.20 Å². The van der Waals surface area contributed by atoms with Crippen molar-refractivity contribution in [3.63, 3.8) is 0 Å². The fourth-order valence-electron chi connectivity index (χ4n) is 2.98. The largest absolute Gasteiger partial charge is 0.361 e. The Bertz CT molecular complexity index is 711. The number of rotatable bonds is 6. The topological polar surface area (TPSA) is 61.4 Å². The molecular formula is C19H25N5O. The van der Waals surface area contributed by atoms with Gasteiger partial charge in [-0.15, -0.1) is 0 Å². The van der Waals surface area contributed by atoms with Gasteiger partial charge in [-0.25, -0.2) is 4.98 Å². The van der Waals surface area contributed by atoms with Gasteiger partial charge in [0.15, 0.2) is 5.82 Å². The molecule has 1 N–H and O–H groups in total. The number of hydrogen-bond donors (Lipinski definition) is 1. The number of carbonyl (C=O) groups is 1. The molecule has 1 aromatic carbocycles. The molecule has 25 heavy (non-hydrogen) atoms. The molecule has 1 aromatic heterocycles. The number of amides is 1. The molecule has 0 saturated carbocycles. The molecular weight excluding hydrogens is 314 g/mol. The van der Waals surface area contributed by atoms with Crippen LogP contribution in [-0.2, 0) is 11.2 Å². The first-order valence-electron chi connectivity index (χ1n) is 8.76. The van der Waals surface area contributed by atoms with Crippen molar-refractivity contribution in [3.05, 3.63) is 42.1 Å². The number of anilines is 3. The van der Waals surface area contributed by atoms with E-state index < -0.39 is 0 Å². The summed E-state index contributed by atoms with van der Waals surface area (Å²) in [5, 5.41) is 2.96. The molecule has 0 radical (unpaired) electrons. The van der Waals surface area contributed by atoms with Crippen LogP contribution in [0.15, 0.2) is 36.5 Å². The quantitative estimate of drug-likeness (QED) is 0.877. The summed E-state index contributed by atoms with van der Waals surface area (Å²) >= 11 is 0. The highest BCUT2D eigenvalue weighted by Crippen LogP contribution is 2.25. The number of hydrogen-bond acceptors (Lipinski definition) is 5. The molecule has 1 aliphatic heterocycles. The lowest BCUT2D eigenvalue weighted by Gasteiger charge is -2.21. The minimum atomic E-state index is -0.0236. The predicted molar refractivity (Wildman–Crippen MR) is 101 cm³/mol. The van der Waals surface area contributed by atoms with Crippen LogP contribution in [0, 0.1) is 0 Å². The van der Waals surface area contributed by atoms with Gasteiger partial charge in [-0.05, 0) is 24.8 Å². The summed E-state index contributed by atoms with van der Waals surface area (Å²) in [4.78, 5) is 25.5. The van der Waals surface area contributed by atoms with E-state index in [1.165, 1.54) is 12.8 Å². The minimum absolute atomic E-state index is 0.0236. The van der Waals surface area contributed by atoms with Crippen LogP contribution in [0.2, 0.25) is 0 Å². The van der Waals surface area contributed by atoms with Gasteiger partial charge in [0.2, 0.25) is 11.9 Å². The Balaban J connectivity index is 1.67. The van der Waals surface area contributed by atoms with Gasteiger partial charge < -0.3 is 15.1 Å². The maximum absolute atomic E-state index is 12.3. The third kappa shape index (κ3) is 4.47. The van der Waals surface area contributed by atoms with Crippen LogP contribution in [0.3, 0.4) is 0 Å². The average Bonchev–Trinajstić information content (AvgIpc) is 3.16. The highest BCUT2D eigenvalue weighted by Gasteiger charge is 2.18. The van der Waals surface area contributed by atoms with Gasteiger partial charge in [0.1, 0.15) is 5.69 Å². The number of carbonyl (C=O) groups excluding carboxylic acids is 1. The second-order valence-electron chi connectivity index (χ2n) is 6.53. The van der Waals surface area contributed by atoms with E-state index in [0.29, 0.717) is 12.1 Å². The van der Waals surface area contributed by atoms with E-state index in [1.807, 2.05) is 49.3 Å². The lowest BCUT2D eigenvalue weighted by atomic mass is 10.1. The Morgan fingerprint density at radius 1 is 1.20 bits per heavy atom. The van der Waals surface area contributed by atoms with E-state index in [9.17, 15) is 4.79 Å². The molecule has 0 aliphatic carbocycles. The monoisotopic (exact) mass is 339 g/mol. The van der Waals surface area contributed by atoms with Crippen molar-refractivity contribution in [3.8, 4) is 0 Å². The van der Waals surface area contributed by atoms with Gasteiger partial charge in [0, 0.05) is 33.6 Å². The van der Waals surface area contributed by atoms with Crippen LogP contribution in [0.5, 0.6) is 0 Å². The predicted octanol–water partition coefficient (Wildman–Crippen LogP) is 2.71. The molecule has 6 heteroatoms. The number of aromatic nitrogens is 2. The molecule has 0 unspecified atom stereocenters. The lowest BCUT2D eigenvalue weighted by molar-refractivity contribution is -0.116. The normalized spacial score (nSPS) is 13.8. The smallest absolute Gasteiger partial charge is 0.227 e. The van der Waals surface area contributed by atoms with Crippen molar-refractivity contribution in [2.45, 2.75) is 25.7 Å². The fourth-order valence-corrected chi connectivity index (χ4v) is 2.98. The summed E-state index contributed by atoms with van der Waals surface area (Å²) in [7, 11) is 3.85.